The predicted molar refractivity (Wildman–Crippen MR) is 149 cm³/mol. The van der Waals surface area contributed by atoms with Crippen LogP contribution in [0.5, 0.6) is 0 Å². The van der Waals surface area contributed by atoms with Gasteiger partial charge in [-0.25, -0.2) is 0 Å². The molecule has 0 N–H and O–H groups in total. The Hall–Kier alpha value is -4.82. The van der Waals surface area contributed by atoms with Crippen LogP contribution >= 0.6 is 0 Å². The molecular weight excluding hydrogens is 440 g/mol. The van der Waals surface area contributed by atoms with Gasteiger partial charge in [-0.15, -0.1) is 0 Å². The standard InChI is InChI=1S/C34H20O2/c1-2-10-21(11-3-1)33-24-13-4-6-15-26(24)34(27-16-7-5-14-25(27)33)32-19-22-18-31-28(20-30(22)36-32)23-12-8-9-17-29(23)35-31/h1-20H/i1D,2D,3D,4D,5D,6D,7D,8D,9D,10D,11D,12D,13D,14D,15D,16D,17D,18D,19D,20D. The summed E-state index contributed by atoms with van der Waals surface area (Å²) >= 11 is 0. The molecular formula is C34H20O2. The van der Waals surface area contributed by atoms with Crippen molar-refractivity contribution in [1.29, 1.82) is 0 Å². The third-order valence-corrected chi connectivity index (χ3v) is 5.83. The highest BCUT2D eigenvalue weighted by Crippen LogP contribution is 2.45. The van der Waals surface area contributed by atoms with Gasteiger partial charge in [0, 0.05) is 21.7 Å². The molecule has 0 amide bonds. The van der Waals surface area contributed by atoms with Crippen molar-refractivity contribution in [2.24, 2.45) is 0 Å². The maximum absolute atomic E-state index is 9.33. The Labute approximate surface area is 235 Å². The van der Waals surface area contributed by atoms with E-state index >= 15 is 0 Å². The fourth-order valence-electron chi connectivity index (χ4n) is 4.37. The molecule has 0 fully saturated rings. The van der Waals surface area contributed by atoms with E-state index in [0.717, 1.165) is 0 Å². The van der Waals surface area contributed by atoms with E-state index in [0.29, 0.717) is 0 Å². The molecule has 8 rings (SSSR count). The molecule has 36 heavy (non-hydrogen) atoms. The highest BCUT2D eigenvalue weighted by Gasteiger charge is 2.19. The maximum Gasteiger partial charge on any atom is 0.136 e. The van der Waals surface area contributed by atoms with Crippen LogP contribution in [0.2, 0.25) is 0 Å². The summed E-state index contributed by atoms with van der Waals surface area (Å²) in [5, 5.41) is -3.10. The van der Waals surface area contributed by atoms with Gasteiger partial charge in [0.25, 0.3) is 0 Å². The number of benzene rings is 6. The second-order valence-electron chi connectivity index (χ2n) is 7.77. The first-order valence-electron chi connectivity index (χ1n) is 20.6. The second-order valence-corrected chi connectivity index (χ2v) is 7.77. The van der Waals surface area contributed by atoms with Crippen molar-refractivity contribution >= 4 is 54.5 Å². The molecule has 0 atom stereocenters. The normalized spacial score (nSPS) is 19.7. The molecule has 0 aliphatic carbocycles. The van der Waals surface area contributed by atoms with Crippen molar-refractivity contribution in [1.82, 2.24) is 0 Å². The van der Waals surface area contributed by atoms with Crippen molar-refractivity contribution in [3.05, 3.63) is 121 Å². The number of fused-ring (bicyclic) bond motifs is 6. The number of hydrogen-bond donors (Lipinski definition) is 0. The van der Waals surface area contributed by atoms with E-state index in [1.165, 1.54) is 0 Å². The molecule has 2 nitrogen and oxygen atoms in total. The second kappa shape index (κ2) is 7.34. The maximum atomic E-state index is 9.33. The van der Waals surface area contributed by atoms with Gasteiger partial charge in [0.05, 0.1) is 27.4 Å². The van der Waals surface area contributed by atoms with Gasteiger partial charge in [-0.1, -0.05) is 96.7 Å². The van der Waals surface area contributed by atoms with Crippen molar-refractivity contribution in [2.45, 2.75) is 0 Å². The Balaban J connectivity index is 1.69. The first kappa shape index (κ1) is 8.39. The molecule has 0 bridgehead atoms. The van der Waals surface area contributed by atoms with E-state index in [2.05, 4.69) is 0 Å². The quantitative estimate of drug-likeness (QED) is 0.230. The molecule has 2 heterocycles. The van der Waals surface area contributed by atoms with Gasteiger partial charge in [0.1, 0.15) is 22.5 Å². The molecule has 0 aliphatic rings. The third kappa shape index (κ3) is 2.73. The average molecular weight is 481 g/mol. The Morgan fingerprint density at radius 3 is 1.69 bits per heavy atom. The van der Waals surface area contributed by atoms with Crippen LogP contribution in [-0.2, 0) is 0 Å². The lowest BCUT2D eigenvalue weighted by atomic mass is 9.87. The minimum atomic E-state index is -0.850. The van der Waals surface area contributed by atoms with Crippen LogP contribution in [0.25, 0.3) is 76.9 Å². The third-order valence-electron chi connectivity index (χ3n) is 5.83. The van der Waals surface area contributed by atoms with E-state index in [-0.39, 0.29) is 16.4 Å². The Bertz CT molecular complexity index is 3090. The lowest BCUT2D eigenvalue weighted by Crippen LogP contribution is -1.89. The van der Waals surface area contributed by atoms with Gasteiger partial charge in [-0.3, -0.25) is 0 Å². The topological polar surface area (TPSA) is 26.3 Å². The lowest BCUT2D eigenvalue weighted by Gasteiger charge is -2.16. The molecule has 6 aromatic carbocycles. The fraction of sp³-hybridized carbons (Fsp3) is 0. The molecule has 2 heteroatoms. The minimum Gasteiger partial charge on any atom is -0.456 e. The van der Waals surface area contributed by atoms with Gasteiger partial charge < -0.3 is 8.83 Å². The minimum absolute atomic E-state index is 0.252. The van der Waals surface area contributed by atoms with E-state index in [1.54, 1.807) is 0 Å². The molecule has 168 valence electrons. The SMILES string of the molecule is [2H]c1c([2H])c([2H])c(-c2c3c([2H])c([2H])c([2H])c([2H])c3c(-c3oc4c([2H])c5c(oc6c([2H])c([2H])c([2H])c([2H])c65)c([2H])c4c3[2H])c3c([2H])c([2H])c([2H])c([2H])c23)c([2H])c1[2H]. The predicted octanol–water partition coefficient (Wildman–Crippen LogP) is 9.97. The van der Waals surface area contributed by atoms with Gasteiger partial charge in [0.2, 0.25) is 0 Å². The van der Waals surface area contributed by atoms with Crippen LogP contribution in [0.15, 0.2) is 130 Å². The number of para-hydroxylation sites is 1. The number of rotatable bonds is 2. The van der Waals surface area contributed by atoms with Gasteiger partial charge in [-0.05, 0) is 56.8 Å². The summed E-state index contributed by atoms with van der Waals surface area (Å²) < 4.78 is 186. The summed E-state index contributed by atoms with van der Waals surface area (Å²) in [6.45, 7) is 0. The van der Waals surface area contributed by atoms with E-state index in [1.807, 2.05) is 0 Å². The Morgan fingerprint density at radius 1 is 0.417 bits per heavy atom. The molecule has 0 unspecified atom stereocenters. The van der Waals surface area contributed by atoms with E-state index in [4.69, 9.17) is 34.9 Å². The molecule has 2 aromatic heterocycles. The molecule has 0 radical (unpaired) electrons. The van der Waals surface area contributed by atoms with Crippen molar-refractivity contribution < 1.29 is 36.2 Å². The van der Waals surface area contributed by atoms with Crippen LogP contribution in [0.3, 0.4) is 0 Å². The zero-order valence-corrected chi connectivity index (χ0v) is 17.8. The molecule has 0 spiro atoms. The van der Waals surface area contributed by atoms with Gasteiger partial charge in [-0.2, -0.15) is 0 Å². The van der Waals surface area contributed by atoms with E-state index in [9.17, 15) is 1.37 Å². The largest absolute Gasteiger partial charge is 0.456 e. The first-order chi connectivity index (χ1) is 26.2. The smallest absolute Gasteiger partial charge is 0.136 e. The van der Waals surface area contributed by atoms with Gasteiger partial charge in [0.15, 0.2) is 0 Å². The van der Waals surface area contributed by atoms with Crippen molar-refractivity contribution in [2.75, 3.05) is 0 Å². The van der Waals surface area contributed by atoms with Crippen molar-refractivity contribution in [3.8, 4) is 22.5 Å². The highest BCUT2D eigenvalue weighted by atomic mass is 16.3. The van der Waals surface area contributed by atoms with Crippen LogP contribution in [0.1, 0.15) is 27.4 Å². The van der Waals surface area contributed by atoms with Crippen LogP contribution in [0, 0.1) is 0 Å². The molecule has 0 saturated carbocycles. The number of hydrogen-bond acceptors (Lipinski definition) is 2. The summed E-state index contributed by atoms with van der Waals surface area (Å²) in [5.74, 6) is -0.640. The summed E-state index contributed by atoms with van der Waals surface area (Å²) in [7, 11) is 0. The summed E-state index contributed by atoms with van der Waals surface area (Å²) in [6, 6.07) is -15.3. The lowest BCUT2D eigenvalue weighted by molar-refractivity contribution is 0.633. The fourth-order valence-corrected chi connectivity index (χ4v) is 4.37. The summed E-state index contributed by atoms with van der Waals surface area (Å²) in [6.07, 6.45) is 0. The molecule has 0 aliphatic heterocycles. The molecule has 8 aromatic rings. The Morgan fingerprint density at radius 2 is 1.00 bits per heavy atom. The zero-order valence-electron chi connectivity index (χ0n) is 37.8. The highest BCUT2D eigenvalue weighted by molar-refractivity contribution is 6.21. The average Bonchev–Trinajstić information content (AvgIpc) is 3.75. The van der Waals surface area contributed by atoms with Gasteiger partial charge >= 0.3 is 0 Å². The van der Waals surface area contributed by atoms with Crippen LogP contribution in [-0.4, -0.2) is 0 Å². The number of furan rings is 2. The molecule has 0 saturated heterocycles. The summed E-state index contributed by atoms with van der Waals surface area (Å²) in [5.41, 5.74) is -2.97. The van der Waals surface area contributed by atoms with Crippen molar-refractivity contribution in [3.63, 3.8) is 0 Å². The monoisotopic (exact) mass is 480 g/mol. The Kier molecular flexibility index (Phi) is 1.71. The first-order valence-corrected chi connectivity index (χ1v) is 10.6. The summed E-state index contributed by atoms with van der Waals surface area (Å²) in [4.78, 5) is 0. The van der Waals surface area contributed by atoms with E-state index < -0.39 is 181 Å². The van der Waals surface area contributed by atoms with Crippen LogP contribution in [0.4, 0.5) is 0 Å². The van der Waals surface area contributed by atoms with Crippen LogP contribution < -0.4 is 0 Å². The zero-order chi connectivity index (χ0) is 41.0.